The molecule has 2 aromatic rings. The minimum Gasteiger partial charge on any atom is -0.480 e. The van der Waals surface area contributed by atoms with Crippen LogP contribution in [0, 0.1) is 13.8 Å². The number of carboxylic acid groups (broad SMARTS) is 1. The van der Waals surface area contributed by atoms with Crippen LogP contribution in [0.2, 0.25) is 0 Å². The highest BCUT2D eigenvalue weighted by Crippen LogP contribution is 2.29. The van der Waals surface area contributed by atoms with E-state index in [1.807, 2.05) is 0 Å². The van der Waals surface area contributed by atoms with Gasteiger partial charge < -0.3 is 10.4 Å². The fourth-order valence-electron chi connectivity index (χ4n) is 2.80. The van der Waals surface area contributed by atoms with Gasteiger partial charge in [-0.15, -0.1) is 0 Å². The Morgan fingerprint density at radius 1 is 1.35 bits per heavy atom. The summed E-state index contributed by atoms with van der Waals surface area (Å²) < 4.78 is 31.8. The lowest BCUT2D eigenvalue weighted by Crippen LogP contribution is -2.55. The summed E-state index contributed by atoms with van der Waals surface area (Å²) in [4.78, 5) is 11.1. The molecule has 1 saturated heterocycles. The Labute approximate surface area is 132 Å². The van der Waals surface area contributed by atoms with Gasteiger partial charge in [0, 0.05) is 19.6 Å². The van der Waals surface area contributed by atoms with Crippen LogP contribution in [0.3, 0.4) is 0 Å². The van der Waals surface area contributed by atoms with Crippen LogP contribution < -0.4 is 5.32 Å². The second-order valence-electron chi connectivity index (χ2n) is 5.51. The van der Waals surface area contributed by atoms with E-state index in [1.54, 1.807) is 19.9 Å². The molecule has 0 spiro atoms. The van der Waals surface area contributed by atoms with Gasteiger partial charge in [0.1, 0.15) is 16.5 Å². The molecule has 3 rings (SSSR count). The molecule has 23 heavy (non-hydrogen) atoms. The number of carboxylic acids is 1. The minimum atomic E-state index is -3.90. The topological polar surface area (TPSA) is 126 Å². The van der Waals surface area contributed by atoms with E-state index in [-0.39, 0.29) is 30.0 Å². The summed E-state index contributed by atoms with van der Waals surface area (Å²) in [5.74, 6) is -1.08. The number of carbonyl (C=O) groups is 1. The standard InChI is InChI=1S/C13H16N4O5S/c1-7-5-8(2)12(11-10(7)15-22-16-11)23(20,21)17-4-3-14-9(6-17)13(18)19/h5,9,14H,3-4,6H2,1-2H3,(H,18,19)/t9-/m1/s1. The maximum absolute atomic E-state index is 13.0. The zero-order valence-corrected chi connectivity index (χ0v) is 13.4. The number of sulfonamides is 1. The molecule has 9 nitrogen and oxygen atoms in total. The van der Waals surface area contributed by atoms with Crippen molar-refractivity contribution in [3.05, 3.63) is 17.2 Å². The number of aryl methyl sites for hydroxylation is 2. The number of hydrogen-bond acceptors (Lipinski definition) is 7. The fourth-order valence-corrected chi connectivity index (χ4v) is 4.58. The predicted molar refractivity (Wildman–Crippen MR) is 79.5 cm³/mol. The highest BCUT2D eigenvalue weighted by molar-refractivity contribution is 7.89. The third kappa shape index (κ3) is 2.58. The van der Waals surface area contributed by atoms with Crippen LogP contribution in [0.15, 0.2) is 15.6 Å². The van der Waals surface area contributed by atoms with Crippen molar-refractivity contribution in [2.24, 2.45) is 0 Å². The summed E-state index contributed by atoms with van der Waals surface area (Å²) in [5.41, 5.74) is 1.85. The van der Waals surface area contributed by atoms with Gasteiger partial charge >= 0.3 is 5.97 Å². The number of piperazine rings is 1. The van der Waals surface area contributed by atoms with Crippen LogP contribution in [0.5, 0.6) is 0 Å². The average molecular weight is 340 g/mol. The summed E-state index contributed by atoms with van der Waals surface area (Å²) in [6, 6.07) is 0.770. The molecule has 124 valence electrons. The van der Waals surface area contributed by atoms with Crippen LogP contribution in [0.1, 0.15) is 11.1 Å². The van der Waals surface area contributed by atoms with Gasteiger partial charge in [-0.05, 0) is 35.3 Å². The quantitative estimate of drug-likeness (QED) is 0.792. The van der Waals surface area contributed by atoms with Crippen molar-refractivity contribution < 1.29 is 22.9 Å². The number of hydrogen-bond donors (Lipinski definition) is 2. The normalized spacial score (nSPS) is 20.0. The lowest BCUT2D eigenvalue weighted by Gasteiger charge is -2.31. The molecule has 2 N–H and O–H groups in total. The Morgan fingerprint density at radius 3 is 2.74 bits per heavy atom. The first-order valence-corrected chi connectivity index (χ1v) is 8.45. The zero-order chi connectivity index (χ0) is 16.8. The van der Waals surface area contributed by atoms with Gasteiger partial charge in [0.2, 0.25) is 10.0 Å². The molecule has 1 aromatic heterocycles. The number of nitrogens with zero attached hydrogens (tertiary/aromatic N) is 3. The Kier molecular flexibility index (Phi) is 3.82. The van der Waals surface area contributed by atoms with Crippen molar-refractivity contribution in [1.82, 2.24) is 19.9 Å². The van der Waals surface area contributed by atoms with E-state index in [9.17, 15) is 13.2 Å². The molecule has 0 radical (unpaired) electrons. The first kappa shape index (κ1) is 15.8. The molecular weight excluding hydrogens is 324 g/mol. The Hall–Kier alpha value is -2.04. The lowest BCUT2D eigenvalue weighted by atomic mass is 10.1. The van der Waals surface area contributed by atoms with Crippen molar-refractivity contribution >= 4 is 27.0 Å². The van der Waals surface area contributed by atoms with Gasteiger partial charge in [0.15, 0.2) is 5.52 Å². The Bertz CT molecular complexity index is 876. The van der Waals surface area contributed by atoms with Crippen molar-refractivity contribution in [2.75, 3.05) is 19.6 Å². The molecule has 0 aliphatic carbocycles. The van der Waals surface area contributed by atoms with Crippen LogP contribution in [-0.2, 0) is 14.8 Å². The third-order valence-corrected chi connectivity index (χ3v) is 5.95. The summed E-state index contributed by atoms with van der Waals surface area (Å²) >= 11 is 0. The molecule has 1 aromatic carbocycles. The van der Waals surface area contributed by atoms with Crippen molar-refractivity contribution in [1.29, 1.82) is 0 Å². The van der Waals surface area contributed by atoms with E-state index in [4.69, 9.17) is 9.74 Å². The summed E-state index contributed by atoms with van der Waals surface area (Å²) in [6.07, 6.45) is 0. The highest BCUT2D eigenvalue weighted by Gasteiger charge is 2.35. The molecule has 1 aliphatic heterocycles. The van der Waals surface area contributed by atoms with Crippen molar-refractivity contribution in [2.45, 2.75) is 24.8 Å². The molecule has 0 unspecified atom stereocenters. The first-order chi connectivity index (χ1) is 10.8. The van der Waals surface area contributed by atoms with Gasteiger partial charge in [-0.3, -0.25) is 4.79 Å². The summed E-state index contributed by atoms with van der Waals surface area (Å²) in [5, 5.41) is 19.4. The van der Waals surface area contributed by atoms with Crippen molar-refractivity contribution in [3.63, 3.8) is 0 Å². The molecule has 0 bridgehead atoms. The number of fused-ring (bicyclic) bond motifs is 1. The average Bonchev–Trinajstić information content (AvgIpc) is 2.96. The Morgan fingerprint density at radius 2 is 2.04 bits per heavy atom. The third-order valence-electron chi connectivity index (χ3n) is 3.90. The number of aliphatic carboxylic acids is 1. The SMILES string of the molecule is Cc1cc(C)c2nonc2c1S(=O)(=O)N1CCN[C@@H](C(=O)O)C1. The van der Waals surface area contributed by atoms with Crippen LogP contribution in [0.4, 0.5) is 0 Å². The van der Waals surface area contributed by atoms with Crippen LogP contribution in [-0.4, -0.2) is 59.8 Å². The highest BCUT2D eigenvalue weighted by atomic mass is 32.2. The maximum Gasteiger partial charge on any atom is 0.322 e. The lowest BCUT2D eigenvalue weighted by molar-refractivity contribution is -0.140. The van der Waals surface area contributed by atoms with E-state index < -0.39 is 22.0 Å². The van der Waals surface area contributed by atoms with Gasteiger partial charge in [-0.2, -0.15) is 4.31 Å². The van der Waals surface area contributed by atoms with E-state index in [1.165, 1.54) is 0 Å². The van der Waals surface area contributed by atoms with Gasteiger partial charge in [-0.25, -0.2) is 13.0 Å². The predicted octanol–water partition coefficient (Wildman–Crippen LogP) is -0.113. The number of rotatable bonds is 3. The molecule has 1 atom stereocenters. The van der Waals surface area contributed by atoms with Gasteiger partial charge in [-0.1, -0.05) is 6.07 Å². The largest absolute Gasteiger partial charge is 0.480 e. The maximum atomic E-state index is 13.0. The molecule has 10 heteroatoms. The molecule has 2 heterocycles. The Balaban J connectivity index is 2.10. The van der Waals surface area contributed by atoms with E-state index in [0.717, 1.165) is 9.87 Å². The minimum absolute atomic E-state index is 0.0189. The molecule has 0 saturated carbocycles. The fraction of sp³-hybridized carbons (Fsp3) is 0.462. The number of nitrogens with one attached hydrogen (secondary N) is 1. The zero-order valence-electron chi connectivity index (χ0n) is 12.6. The smallest absolute Gasteiger partial charge is 0.322 e. The molecule has 1 fully saturated rings. The monoisotopic (exact) mass is 340 g/mol. The van der Waals surface area contributed by atoms with Gasteiger partial charge in [0.05, 0.1) is 0 Å². The van der Waals surface area contributed by atoms with E-state index in [2.05, 4.69) is 15.6 Å². The number of benzene rings is 1. The number of aromatic nitrogens is 2. The molecule has 1 aliphatic rings. The van der Waals surface area contributed by atoms with E-state index in [0.29, 0.717) is 11.1 Å². The van der Waals surface area contributed by atoms with Crippen molar-refractivity contribution in [3.8, 4) is 0 Å². The van der Waals surface area contributed by atoms with Gasteiger partial charge in [0.25, 0.3) is 0 Å². The molecule has 0 amide bonds. The van der Waals surface area contributed by atoms with E-state index >= 15 is 0 Å². The summed E-state index contributed by atoms with van der Waals surface area (Å²) in [6.45, 7) is 3.78. The second-order valence-corrected chi connectivity index (χ2v) is 7.38. The first-order valence-electron chi connectivity index (χ1n) is 7.01. The summed E-state index contributed by atoms with van der Waals surface area (Å²) in [7, 11) is -3.90. The van der Waals surface area contributed by atoms with Crippen LogP contribution >= 0.6 is 0 Å². The van der Waals surface area contributed by atoms with Crippen LogP contribution in [0.25, 0.3) is 11.0 Å². The molecular formula is C13H16N4O5S. The second kappa shape index (κ2) is 5.55.